The molecule has 0 saturated heterocycles. The van der Waals surface area contributed by atoms with Crippen molar-refractivity contribution in [3.05, 3.63) is 83.8 Å². The van der Waals surface area contributed by atoms with Gasteiger partial charge in [0, 0.05) is 5.56 Å². The molecule has 2 heterocycles. The number of carbonyl (C=O) groups excluding carboxylic acids is 2. The topological polar surface area (TPSA) is 89.2 Å². The van der Waals surface area contributed by atoms with Crippen LogP contribution < -0.4 is 14.4 Å². The maximum atomic E-state index is 13.4. The Balaban J connectivity index is 1.61. The zero-order valence-corrected chi connectivity index (χ0v) is 17.8. The fourth-order valence-corrected chi connectivity index (χ4v) is 3.87. The summed E-state index contributed by atoms with van der Waals surface area (Å²) in [5, 5.41) is 11.4. The van der Waals surface area contributed by atoms with E-state index in [0.29, 0.717) is 28.5 Å². The number of ketones is 1. The van der Waals surface area contributed by atoms with E-state index in [1.807, 2.05) is 6.07 Å². The third-order valence-corrected chi connectivity index (χ3v) is 5.43. The number of nitrogens with zero attached hydrogens (tertiary/aromatic N) is 1. The molecule has 0 bridgehead atoms. The minimum atomic E-state index is -1.95. The third kappa shape index (κ3) is 3.90. The van der Waals surface area contributed by atoms with Crippen LogP contribution in [-0.2, 0) is 21.7 Å². The zero-order chi connectivity index (χ0) is 22.7. The van der Waals surface area contributed by atoms with E-state index >= 15 is 0 Å². The summed E-state index contributed by atoms with van der Waals surface area (Å²) in [7, 11) is 3.09. The highest BCUT2D eigenvalue weighted by Gasteiger charge is 2.50. The maximum Gasteiger partial charge on any atom is 0.264 e. The van der Waals surface area contributed by atoms with E-state index < -0.39 is 11.5 Å². The van der Waals surface area contributed by atoms with Crippen LogP contribution in [0.3, 0.4) is 0 Å². The molecule has 0 unspecified atom stereocenters. The number of carbonyl (C=O) groups is 2. The number of aliphatic hydroxyl groups is 1. The second kappa shape index (κ2) is 8.72. The van der Waals surface area contributed by atoms with Gasteiger partial charge in [-0.3, -0.25) is 9.59 Å². The monoisotopic (exact) mass is 433 g/mol. The molecule has 1 aromatic heterocycles. The molecule has 1 aliphatic rings. The summed E-state index contributed by atoms with van der Waals surface area (Å²) in [5.41, 5.74) is -0.181. The highest BCUT2D eigenvalue weighted by Crippen LogP contribution is 2.43. The van der Waals surface area contributed by atoms with Gasteiger partial charge in [-0.1, -0.05) is 24.3 Å². The fraction of sp³-hybridized carbons (Fsp3) is 0.200. The molecule has 0 fully saturated rings. The highest BCUT2D eigenvalue weighted by molar-refractivity contribution is 6.10. The molecule has 164 valence electrons. The quantitative estimate of drug-likeness (QED) is 0.545. The summed E-state index contributed by atoms with van der Waals surface area (Å²) < 4.78 is 15.8. The van der Waals surface area contributed by atoms with Gasteiger partial charge in [-0.2, -0.15) is 0 Å². The van der Waals surface area contributed by atoms with E-state index in [-0.39, 0.29) is 18.7 Å². The maximum absolute atomic E-state index is 13.4. The first kappa shape index (κ1) is 21.4. The Bertz CT molecular complexity index is 1170. The number of ether oxygens (including phenoxy) is 2. The lowest BCUT2D eigenvalue weighted by atomic mass is 9.90. The number of anilines is 1. The van der Waals surface area contributed by atoms with Crippen molar-refractivity contribution in [2.24, 2.45) is 0 Å². The van der Waals surface area contributed by atoms with Gasteiger partial charge < -0.3 is 23.9 Å². The number of methoxy groups -OCH3 is 2. The first-order chi connectivity index (χ1) is 15.5. The Morgan fingerprint density at radius 2 is 1.88 bits per heavy atom. The van der Waals surface area contributed by atoms with Gasteiger partial charge in [0.25, 0.3) is 5.91 Å². The molecule has 3 aromatic rings. The average Bonchev–Trinajstić information content (AvgIpc) is 3.40. The van der Waals surface area contributed by atoms with E-state index in [1.165, 1.54) is 23.3 Å². The number of allylic oxidation sites excluding steroid dienone is 1. The lowest BCUT2D eigenvalue weighted by Crippen LogP contribution is -2.41. The highest BCUT2D eigenvalue weighted by atomic mass is 16.5. The van der Waals surface area contributed by atoms with Crippen molar-refractivity contribution in [1.29, 1.82) is 0 Å². The molecule has 0 radical (unpaired) electrons. The van der Waals surface area contributed by atoms with Crippen LogP contribution in [0.15, 0.2) is 71.4 Å². The zero-order valence-electron chi connectivity index (χ0n) is 17.8. The normalized spacial score (nSPS) is 17.6. The van der Waals surface area contributed by atoms with Gasteiger partial charge in [0.2, 0.25) is 0 Å². The van der Waals surface area contributed by atoms with Crippen LogP contribution in [0.5, 0.6) is 11.5 Å². The largest absolute Gasteiger partial charge is 0.493 e. The molecular weight excluding hydrogens is 410 g/mol. The van der Waals surface area contributed by atoms with Crippen molar-refractivity contribution in [2.75, 3.05) is 19.1 Å². The summed E-state index contributed by atoms with van der Waals surface area (Å²) in [5.74, 6) is 0.695. The van der Waals surface area contributed by atoms with Gasteiger partial charge >= 0.3 is 0 Å². The molecule has 0 aliphatic carbocycles. The first-order valence-corrected chi connectivity index (χ1v) is 10.1. The predicted molar refractivity (Wildman–Crippen MR) is 118 cm³/mol. The van der Waals surface area contributed by atoms with Crippen LogP contribution in [0.2, 0.25) is 0 Å². The summed E-state index contributed by atoms with van der Waals surface area (Å²) in [6, 6.07) is 15.7. The van der Waals surface area contributed by atoms with Gasteiger partial charge in [-0.05, 0) is 48.0 Å². The minimum Gasteiger partial charge on any atom is -0.493 e. The van der Waals surface area contributed by atoms with Crippen molar-refractivity contribution < 1.29 is 28.6 Å². The third-order valence-electron chi connectivity index (χ3n) is 5.43. The second-order valence-corrected chi connectivity index (χ2v) is 7.45. The van der Waals surface area contributed by atoms with Crippen LogP contribution in [-0.4, -0.2) is 31.0 Å². The Morgan fingerprint density at radius 1 is 1.09 bits per heavy atom. The smallest absolute Gasteiger partial charge is 0.264 e. The van der Waals surface area contributed by atoms with E-state index in [4.69, 9.17) is 13.9 Å². The lowest BCUT2D eigenvalue weighted by molar-refractivity contribution is -0.140. The Labute approximate surface area is 185 Å². The molecular formula is C25H23NO6. The van der Waals surface area contributed by atoms with Gasteiger partial charge in [-0.25, -0.2) is 0 Å². The number of para-hydroxylation sites is 1. The van der Waals surface area contributed by atoms with Crippen molar-refractivity contribution in [3.8, 4) is 11.5 Å². The molecule has 7 nitrogen and oxygen atoms in total. The second-order valence-electron chi connectivity index (χ2n) is 7.45. The molecule has 0 spiro atoms. The molecule has 32 heavy (non-hydrogen) atoms. The van der Waals surface area contributed by atoms with Crippen LogP contribution in [0.4, 0.5) is 5.69 Å². The number of amides is 1. The van der Waals surface area contributed by atoms with Crippen molar-refractivity contribution >= 4 is 23.5 Å². The standard InChI is InChI=1S/C25H23NO6/c1-30-22-12-9-17(14-23(22)31-2)16-26-21-8-4-3-7-20(21)25(29,24(26)28)15-18(27)10-11-19-6-5-13-32-19/h3-14,29H,15-16H2,1-2H3/b11-10-/t25-/m1/s1. The van der Waals surface area contributed by atoms with Crippen LogP contribution in [0, 0.1) is 0 Å². The van der Waals surface area contributed by atoms with E-state index in [2.05, 4.69) is 0 Å². The van der Waals surface area contributed by atoms with Crippen molar-refractivity contribution in [2.45, 2.75) is 18.6 Å². The molecule has 1 atom stereocenters. The Kier molecular flexibility index (Phi) is 5.83. The summed E-state index contributed by atoms with van der Waals surface area (Å²) in [6.07, 6.45) is 3.95. The summed E-state index contributed by atoms with van der Waals surface area (Å²) >= 11 is 0. The molecule has 0 saturated carbocycles. The van der Waals surface area contributed by atoms with Crippen LogP contribution >= 0.6 is 0 Å². The molecule has 7 heteroatoms. The average molecular weight is 433 g/mol. The first-order valence-electron chi connectivity index (χ1n) is 10.1. The van der Waals surface area contributed by atoms with Crippen LogP contribution in [0.1, 0.15) is 23.3 Å². The van der Waals surface area contributed by atoms with Crippen molar-refractivity contribution in [3.63, 3.8) is 0 Å². The summed E-state index contributed by atoms with van der Waals surface area (Å²) in [4.78, 5) is 27.4. The Morgan fingerprint density at radius 3 is 2.59 bits per heavy atom. The Hall–Kier alpha value is -3.84. The summed E-state index contributed by atoms with van der Waals surface area (Å²) in [6.45, 7) is 0.203. The number of benzene rings is 2. The fourth-order valence-electron chi connectivity index (χ4n) is 3.87. The number of fused-ring (bicyclic) bond motifs is 1. The molecule has 1 amide bonds. The molecule has 4 rings (SSSR count). The predicted octanol–water partition coefficient (Wildman–Crippen LogP) is 3.70. The lowest BCUT2D eigenvalue weighted by Gasteiger charge is -2.22. The number of rotatable bonds is 8. The minimum absolute atomic E-state index is 0.203. The van der Waals surface area contributed by atoms with Gasteiger partial charge in [-0.15, -0.1) is 0 Å². The molecule has 2 aromatic carbocycles. The number of hydrogen-bond donors (Lipinski definition) is 1. The SMILES string of the molecule is COc1ccc(CN2C(=O)[C@@](O)(CC(=O)/C=C\c3ccco3)c3ccccc32)cc1OC. The van der Waals surface area contributed by atoms with Gasteiger partial charge in [0.05, 0.1) is 39.1 Å². The number of furan rings is 1. The molecule has 1 N–H and O–H groups in total. The van der Waals surface area contributed by atoms with Crippen molar-refractivity contribution in [1.82, 2.24) is 0 Å². The van der Waals surface area contributed by atoms with Crippen LogP contribution in [0.25, 0.3) is 6.08 Å². The van der Waals surface area contributed by atoms with E-state index in [0.717, 1.165) is 5.56 Å². The number of hydrogen-bond acceptors (Lipinski definition) is 6. The van der Waals surface area contributed by atoms with Gasteiger partial charge in [0.15, 0.2) is 22.9 Å². The van der Waals surface area contributed by atoms with E-state index in [9.17, 15) is 14.7 Å². The molecule has 1 aliphatic heterocycles. The van der Waals surface area contributed by atoms with E-state index in [1.54, 1.807) is 62.8 Å². The van der Waals surface area contributed by atoms with Gasteiger partial charge in [0.1, 0.15) is 5.76 Å².